The number of nitrogens with zero attached hydrogens (tertiary/aromatic N) is 4. The zero-order chi connectivity index (χ0) is 21.2. The molecule has 0 bridgehead atoms. The summed E-state index contributed by atoms with van der Waals surface area (Å²) in [6.07, 6.45) is 1.06. The fourth-order valence-corrected chi connectivity index (χ4v) is 3.67. The molecule has 1 N–H and O–H groups in total. The quantitative estimate of drug-likeness (QED) is 0.486. The van der Waals surface area contributed by atoms with Gasteiger partial charge in [-0.3, -0.25) is 0 Å². The van der Waals surface area contributed by atoms with Crippen molar-refractivity contribution in [1.29, 1.82) is 0 Å². The monoisotopic (exact) mass is 415 g/mol. The van der Waals surface area contributed by atoms with Gasteiger partial charge in [0, 0.05) is 25.6 Å². The van der Waals surface area contributed by atoms with Crippen LogP contribution in [0.5, 0.6) is 11.6 Å². The summed E-state index contributed by atoms with van der Waals surface area (Å²) in [6.45, 7) is 4.32. The Balaban J connectivity index is 1.23. The molecule has 4 aromatic rings. The summed E-state index contributed by atoms with van der Waals surface area (Å²) in [6, 6.07) is 18.2. The van der Waals surface area contributed by atoms with Crippen LogP contribution in [0.15, 0.2) is 54.6 Å². The van der Waals surface area contributed by atoms with Gasteiger partial charge in [-0.2, -0.15) is 5.10 Å². The molecule has 0 amide bonds. The molecule has 1 aliphatic rings. The van der Waals surface area contributed by atoms with E-state index in [1.807, 2.05) is 50.4 Å². The van der Waals surface area contributed by atoms with Crippen LogP contribution in [0, 0.1) is 12.8 Å². The van der Waals surface area contributed by atoms with Crippen LogP contribution in [0.4, 0.5) is 5.95 Å². The maximum Gasteiger partial charge on any atom is 0.238 e. The number of nitrogens with one attached hydrogen (secondary N) is 1. The number of aryl methyl sites for hydroxylation is 2. The predicted octanol–water partition coefficient (Wildman–Crippen LogP) is 4.27. The minimum atomic E-state index is 0.486. The van der Waals surface area contributed by atoms with Crippen LogP contribution in [0.2, 0.25) is 0 Å². The van der Waals surface area contributed by atoms with Crippen LogP contribution in [-0.4, -0.2) is 33.0 Å². The second-order valence-electron chi connectivity index (χ2n) is 8.04. The number of imidazole rings is 1. The molecule has 31 heavy (non-hydrogen) atoms. The highest BCUT2D eigenvalue weighted by molar-refractivity contribution is 5.79. The van der Waals surface area contributed by atoms with E-state index in [-0.39, 0.29) is 0 Å². The van der Waals surface area contributed by atoms with Crippen molar-refractivity contribution in [2.75, 3.05) is 18.5 Å². The molecule has 0 spiro atoms. The van der Waals surface area contributed by atoms with Gasteiger partial charge in [0.1, 0.15) is 5.75 Å². The van der Waals surface area contributed by atoms with Crippen molar-refractivity contribution in [3.05, 3.63) is 71.4 Å². The van der Waals surface area contributed by atoms with Crippen LogP contribution in [0.1, 0.15) is 16.8 Å². The third kappa shape index (κ3) is 4.36. The van der Waals surface area contributed by atoms with E-state index in [0.717, 1.165) is 53.6 Å². The number of rotatable bonds is 7. The van der Waals surface area contributed by atoms with Crippen LogP contribution >= 0.6 is 0 Å². The van der Waals surface area contributed by atoms with E-state index in [1.165, 1.54) is 5.56 Å². The normalized spacial score (nSPS) is 13.9. The highest BCUT2D eigenvalue weighted by atomic mass is 16.5. The Labute approximate surface area is 181 Å². The minimum Gasteiger partial charge on any atom is -0.438 e. The predicted molar refractivity (Wildman–Crippen MR) is 119 cm³/mol. The van der Waals surface area contributed by atoms with E-state index in [0.29, 0.717) is 18.3 Å². The largest absolute Gasteiger partial charge is 0.438 e. The second kappa shape index (κ2) is 8.35. The van der Waals surface area contributed by atoms with Crippen molar-refractivity contribution in [1.82, 2.24) is 19.7 Å². The highest BCUT2D eigenvalue weighted by Crippen LogP contribution is 2.24. The van der Waals surface area contributed by atoms with Crippen LogP contribution < -0.4 is 10.1 Å². The Hall–Kier alpha value is -3.45. The molecule has 0 radical (unpaired) electrons. The molecule has 1 saturated heterocycles. The number of ether oxygens (including phenoxy) is 2. The van der Waals surface area contributed by atoms with Gasteiger partial charge in [-0.05, 0) is 54.8 Å². The average Bonchev–Trinajstić information content (AvgIpc) is 3.07. The van der Waals surface area contributed by atoms with Gasteiger partial charge in [0.2, 0.25) is 11.8 Å². The smallest absolute Gasteiger partial charge is 0.238 e. The van der Waals surface area contributed by atoms with Gasteiger partial charge < -0.3 is 19.4 Å². The second-order valence-corrected chi connectivity index (χ2v) is 8.04. The van der Waals surface area contributed by atoms with Gasteiger partial charge in [-0.15, -0.1) is 5.10 Å². The zero-order valence-corrected chi connectivity index (χ0v) is 17.7. The van der Waals surface area contributed by atoms with Crippen LogP contribution in [0.25, 0.3) is 11.0 Å². The number of fused-ring (bicyclic) bond motifs is 1. The molecule has 158 valence electrons. The van der Waals surface area contributed by atoms with E-state index in [2.05, 4.69) is 38.3 Å². The zero-order valence-electron chi connectivity index (χ0n) is 17.7. The molecule has 2 aromatic heterocycles. The Morgan fingerprint density at radius 3 is 2.55 bits per heavy atom. The third-order valence-electron chi connectivity index (χ3n) is 5.55. The Kier molecular flexibility index (Phi) is 5.26. The van der Waals surface area contributed by atoms with Crippen LogP contribution in [-0.2, 0) is 24.8 Å². The highest BCUT2D eigenvalue weighted by Gasteiger charge is 2.19. The van der Waals surface area contributed by atoms with Gasteiger partial charge in [0.05, 0.1) is 29.9 Å². The summed E-state index contributed by atoms with van der Waals surface area (Å²) in [5, 5.41) is 11.5. The molecule has 0 saturated carbocycles. The first kappa shape index (κ1) is 19.5. The third-order valence-corrected chi connectivity index (χ3v) is 5.55. The fourth-order valence-electron chi connectivity index (χ4n) is 3.67. The first-order valence-electron chi connectivity index (χ1n) is 10.5. The molecule has 3 heterocycles. The molecule has 1 aliphatic heterocycles. The number of hydrogen-bond acceptors (Lipinski definition) is 6. The van der Waals surface area contributed by atoms with Crippen molar-refractivity contribution in [3.63, 3.8) is 0 Å². The maximum atomic E-state index is 5.74. The molecule has 0 atom stereocenters. The molecule has 7 nitrogen and oxygen atoms in total. The lowest BCUT2D eigenvalue weighted by molar-refractivity contribution is -0.0312. The maximum absolute atomic E-state index is 5.74. The summed E-state index contributed by atoms with van der Waals surface area (Å²) in [5.74, 6) is 2.72. The lowest BCUT2D eigenvalue weighted by Crippen LogP contribution is -2.29. The molecular weight excluding hydrogens is 390 g/mol. The summed E-state index contributed by atoms with van der Waals surface area (Å²) in [4.78, 5) is 4.75. The van der Waals surface area contributed by atoms with E-state index in [1.54, 1.807) is 0 Å². The van der Waals surface area contributed by atoms with Gasteiger partial charge >= 0.3 is 0 Å². The Morgan fingerprint density at radius 1 is 1.03 bits per heavy atom. The van der Waals surface area contributed by atoms with Gasteiger partial charge in [0.15, 0.2) is 0 Å². The van der Waals surface area contributed by atoms with Gasteiger partial charge in [-0.25, -0.2) is 4.98 Å². The topological polar surface area (TPSA) is 74.1 Å². The molecule has 1 fully saturated rings. The molecular formula is C24H25N5O2. The first-order chi connectivity index (χ1) is 15.1. The summed E-state index contributed by atoms with van der Waals surface area (Å²) >= 11 is 0. The molecule has 5 rings (SSSR count). The lowest BCUT2D eigenvalue weighted by Gasteiger charge is -2.25. The van der Waals surface area contributed by atoms with Crippen molar-refractivity contribution in [2.45, 2.75) is 19.9 Å². The number of benzene rings is 2. The van der Waals surface area contributed by atoms with Crippen molar-refractivity contribution >= 4 is 17.0 Å². The molecule has 0 unspecified atom stereocenters. The van der Waals surface area contributed by atoms with Gasteiger partial charge in [-0.1, -0.05) is 18.2 Å². The first-order valence-corrected chi connectivity index (χ1v) is 10.5. The van der Waals surface area contributed by atoms with E-state index in [9.17, 15) is 0 Å². The fraction of sp³-hybridized carbons (Fsp3) is 0.292. The van der Waals surface area contributed by atoms with E-state index >= 15 is 0 Å². The number of aromatic nitrogens is 4. The average molecular weight is 415 g/mol. The molecule has 0 aliphatic carbocycles. The Bertz CT molecular complexity index is 1180. The Morgan fingerprint density at radius 2 is 1.84 bits per heavy atom. The summed E-state index contributed by atoms with van der Waals surface area (Å²) < 4.78 is 13.2. The van der Waals surface area contributed by atoms with Crippen molar-refractivity contribution in [3.8, 4) is 11.6 Å². The lowest BCUT2D eigenvalue weighted by atomic mass is 9.98. The van der Waals surface area contributed by atoms with Gasteiger partial charge in [0.25, 0.3) is 0 Å². The minimum absolute atomic E-state index is 0.486. The standard InChI is InChI=1S/C24H25N5O2/c1-16-3-10-23(28-27-16)31-20-7-4-17(5-8-20)13-25-24-26-21-9-6-18(11-19-14-30-15-19)12-22(21)29(24)2/h3-10,12,19H,11,13-15H2,1-2H3,(H,25,26). The SMILES string of the molecule is Cc1ccc(Oc2ccc(CNc3nc4ccc(CC5COC5)cc4n3C)cc2)nn1. The summed E-state index contributed by atoms with van der Waals surface area (Å²) in [7, 11) is 2.05. The van der Waals surface area contributed by atoms with Crippen LogP contribution in [0.3, 0.4) is 0 Å². The van der Waals surface area contributed by atoms with Crippen molar-refractivity contribution in [2.24, 2.45) is 13.0 Å². The van der Waals surface area contributed by atoms with E-state index < -0.39 is 0 Å². The number of anilines is 1. The molecule has 2 aromatic carbocycles. The van der Waals surface area contributed by atoms with E-state index in [4.69, 9.17) is 14.5 Å². The van der Waals surface area contributed by atoms with Crippen molar-refractivity contribution < 1.29 is 9.47 Å². The number of hydrogen-bond donors (Lipinski definition) is 1. The molecule has 7 heteroatoms. The summed E-state index contributed by atoms with van der Waals surface area (Å²) in [5.41, 5.74) is 5.48.